The highest BCUT2D eigenvalue weighted by Crippen LogP contribution is 2.38. The van der Waals surface area contributed by atoms with Crippen LogP contribution in [-0.2, 0) is 53.0 Å². The topological polar surface area (TPSA) is 178 Å². The lowest BCUT2D eigenvalue weighted by molar-refractivity contribution is -0.157. The Kier molecular flexibility index (Phi) is 12.5. The zero-order valence-electron chi connectivity index (χ0n) is 28.4. The maximum atomic E-state index is 14.2. The molecule has 3 amide bonds. The van der Waals surface area contributed by atoms with Crippen molar-refractivity contribution in [1.29, 1.82) is 0 Å². The van der Waals surface area contributed by atoms with Gasteiger partial charge in [0.25, 0.3) is 0 Å². The molecule has 0 saturated carbocycles. The van der Waals surface area contributed by atoms with Gasteiger partial charge in [0.2, 0.25) is 17.7 Å². The van der Waals surface area contributed by atoms with Gasteiger partial charge in [-0.05, 0) is 51.2 Å². The number of H-pyrrole nitrogens is 1. The number of aromatic amines is 1. The van der Waals surface area contributed by atoms with Crippen molar-refractivity contribution in [3.05, 3.63) is 35.4 Å². The van der Waals surface area contributed by atoms with Crippen molar-refractivity contribution in [1.82, 2.24) is 35.5 Å². The lowest BCUT2D eigenvalue weighted by atomic mass is 9.79. The fourth-order valence-corrected chi connectivity index (χ4v) is 6.48. The molecule has 0 aromatic carbocycles. The van der Waals surface area contributed by atoms with Gasteiger partial charge >= 0.3 is 5.97 Å². The van der Waals surface area contributed by atoms with E-state index in [2.05, 4.69) is 26.0 Å². The Labute approximate surface area is 279 Å². The van der Waals surface area contributed by atoms with Gasteiger partial charge in [-0.25, -0.2) is 4.39 Å². The molecule has 3 N–H and O–H groups in total. The molecule has 5 atom stereocenters. The van der Waals surface area contributed by atoms with Crippen molar-refractivity contribution in [3.8, 4) is 0 Å². The van der Waals surface area contributed by atoms with Crippen LogP contribution in [0, 0.1) is 11.8 Å². The summed E-state index contributed by atoms with van der Waals surface area (Å²) in [5, 5.41) is 16.1. The molecule has 14 nitrogen and oxygen atoms in total. The molecule has 3 heterocycles. The molecule has 0 bridgehead atoms. The standard InChI is InChI=1S/C33H48FN7O7/c1-6-20(2)29(41(26(43)19-47-14-11-34)13-10-27(44)48-33(3,4)5)32(46)37-24-8-7-21-9-12-40-18-22(15-25(42)28(24)30(21)40)31(45)35-16-23-17-36-39-38-23/h9,12,17,20,22,24,28-29H,6-8,10-11,13-16,18-19H2,1-5H3,(H,35,45)(H,37,46)(H,36,38,39)/t20?,22-,24-,28?,29?/m0/s1. The molecular formula is C33H48FN7O7. The van der Waals surface area contributed by atoms with E-state index in [4.69, 9.17) is 9.47 Å². The molecule has 2 aromatic heterocycles. The van der Waals surface area contributed by atoms with Gasteiger partial charge < -0.3 is 29.6 Å². The highest BCUT2D eigenvalue weighted by molar-refractivity contribution is 5.94. The lowest BCUT2D eigenvalue weighted by Gasteiger charge is -2.38. The average Bonchev–Trinajstić information content (AvgIpc) is 3.67. The number of alkyl halides is 1. The van der Waals surface area contributed by atoms with Crippen molar-refractivity contribution in [2.24, 2.45) is 11.8 Å². The molecule has 0 radical (unpaired) electrons. The molecule has 3 unspecified atom stereocenters. The molecule has 2 aromatic rings. The molecule has 0 saturated heterocycles. The third-order valence-corrected chi connectivity index (χ3v) is 8.87. The first kappa shape index (κ1) is 36.7. The van der Waals surface area contributed by atoms with Crippen molar-refractivity contribution in [2.75, 3.05) is 26.4 Å². The fourth-order valence-electron chi connectivity index (χ4n) is 6.48. The summed E-state index contributed by atoms with van der Waals surface area (Å²) < 4.78 is 25.3. The molecule has 1 aliphatic carbocycles. The number of nitrogens with zero attached hydrogens (tertiary/aromatic N) is 4. The number of aryl methyl sites for hydroxylation is 1. The second-order valence-electron chi connectivity index (χ2n) is 13.6. The first-order chi connectivity index (χ1) is 22.8. The van der Waals surface area contributed by atoms with E-state index in [9.17, 15) is 28.4 Å². The first-order valence-corrected chi connectivity index (χ1v) is 16.6. The minimum atomic E-state index is -0.997. The van der Waals surface area contributed by atoms with E-state index in [-0.39, 0.29) is 50.1 Å². The summed E-state index contributed by atoms with van der Waals surface area (Å²) in [6.07, 6.45) is 4.86. The summed E-state index contributed by atoms with van der Waals surface area (Å²) in [6, 6.07) is 0.378. The fraction of sp³-hybridized carbons (Fsp3) is 0.667. The monoisotopic (exact) mass is 673 g/mol. The number of esters is 1. The van der Waals surface area contributed by atoms with E-state index in [1.165, 1.54) is 11.1 Å². The summed E-state index contributed by atoms with van der Waals surface area (Å²) in [6.45, 7) is 7.81. The van der Waals surface area contributed by atoms with Crippen LogP contribution in [0.15, 0.2) is 18.5 Å². The number of carbonyl (C=O) groups excluding carboxylic acids is 5. The molecule has 2 aliphatic rings. The predicted octanol–water partition coefficient (Wildman–Crippen LogP) is 1.99. The van der Waals surface area contributed by atoms with Gasteiger partial charge in [-0.2, -0.15) is 15.4 Å². The van der Waals surface area contributed by atoms with E-state index in [1.807, 2.05) is 30.7 Å². The normalized spacial score (nSPS) is 20.2. The summed E-state index contributed by atoms with van der Waals surface area (Å²) in [4.78, 5) is 68.7. The largest absolute Gasteiger partial charge is 0.460 e. The van der Waals surface area contributed by atoms with Crippen LogP contribution < -0.4 is 10.6 Å². The van der Waals surface area contributed by atoms with Crippen molar-refractivity contribution < 1.29 is 37.8 Å². The van der Waals surface area contributed by atoms with Crippen LogP contribution >= 0.6 is 0 Å². The first-order valence-electron chi connectivity index (χ1n) is 16.6. The third kappa shape index (κ3) is 9.26. The van der Waals surface area contributed by atoms with Gasteiger partial charge in [0.1, 0.15) is 36.4 Å². The van der Waals surface area contributed by atoms with Crippen LogP contribution in [0.4, 0.5) is 4.39 Å². The van der Waals surface area contributed by atoms with Crippen LogP contribution in [0.2, 0.25) is 0 Å². The van der Waals surface area contributed by atoms with E-state index in [1.54, 1.807) is 20.8 Å². The molecule has 48 heavy (non-hydrogen) atoms. The predicted molar refractivity (Wildman–Crippen MR) is 171 cm³/mol. The third-order valence-electron chi connectivity index (χ3n) is 8.87. The maximum Gasteiger partial charge on any atom is 0.308 e. The van der Waals surface area contributed by atoms with Crippen LogP contribution in [0.25, 0.3) is 0 Å². The average molecular weight is 674 g/mol. The zero-order valence-corrected chi connectivity index (χ0v) is 28.4. The Morgan fingerprint density at radius 2 is 2.02 bits per heavy atom. The van der Waals surface area contributed by atoms with E-state index in [0.29, 0.717) is 31.5 Å². The number of amides is 3. The Balaban J connectivity index is 1.55. The SMILES string of the molecule is CCC(C)C(C(=O)N[C@H]1CCc2ccn3c2C1C(=O)C[C@H](C(=O)NCc1cn[nH]n1)C3)N(CCC(=O)OC(C)(C)C)C(=O)COCCF. The minimum absolute atomic E-state index is 0.00991. The number of halogens is 1. The highest BCUT2D eigenvalue weighted by atomic mass is 19.1. The smallest absolute Gasteiger partial charge is 0.308 e. The van der Waals surface area contributed by atoms with Crippen LogP contribution in [0.1, 0.15) is 83.2 Å². The summed E-state index contributed by atoms with van der Waals surface area (Å²) >= 11 is 0. The molecular weight excluding hydrogens is 625 g/mol. The van der Waals surface area contributed by atoms with Crippen molar-refractivity contribution in [2.45, 2.75) is 103 Å². The molecule has 15 heteroatoms. The van der Waals surface area contributed by atoms with Crippen LogP contribution in [-0.4, -0.2) is 98.5 Å². The highest BCUT2D eigenvalue weighted by Gasteiger charge is 2.44. The molecule has 4 rings (SSSR count). The summed E-state index contributed by atoms with van der Waals surface area (Å²) in [7, 11) is 0. The van der Waals surface area contributed by atoms with Gasteiger partial charge in [-0.3, -0.25) is 24.0 Å². The van der Waals surface area contributed by atoms with E-state index in [0.717, 1.165) is 11.3 Å². The number of ketones is 1. The Bertz CT molecular complexity index is 1440. The van der Waals surface area contributed by atoms with Crippen molar-refractivity contribution >= 4 is 29.5 Å². The van der Waals surface area contributed by atoms with Gasteiger partial charge in [0.15, 0.2) is 0 Å². The zero-order chi connectivity index (χ0) is 35.0. The minimum Gasteiger partial charge on any atom is -0.460 e. The van der Waals surface area contributed by atoms with E-state index >= 15 is 0 Å². The Morgan fingerprint density at radius 1 is 1.25 bits per heavy atom. The lowest BCUT2D eigenvalue weighted by Crippen LogP contribution is -2.57. The number of nitrogens with one attached hydrogen (secondary N) is 3. The second kappa shape index (κ2) is 16.3. The Morgan fingerprint density at radius 3 is 2.69 bits per heavy atom. The molecule has 0 fully saturated rings. The maximum absolute atomic E-state index is 14.2. The van der Waals surface area contributed by atoms with Gasteiger partial charge in [-0.1, -0.05) is 20.3 Å². The van der Waals surface area contributed by atoms with Crippen molar-refractivity contribution in [3.63, 3.8) is 0 Å². The molecule has 1 aliphatic heterocycles. The number of ether oxygens (including phenoxy) is 2. The quantitative estimate of drug-likeness (QED) is 0.188. The van der Waals surface area contributed by atoms with Gasteiger partial charge in [-0.15, -0.1) is 0 Å². The number of hydrogen-bond acceptors (Lipinski definition) is 9. The molecule has 0 spiro atoms. The summed E-state index contributed by atoms with van der Waals surface area (Å²) in [5.74, 6) is -3.62. The number of Topliss-reactive ketones (excluding diaryl/α,β-unsaturated/α-hetero) is 1. The number of aromatic nitrogens is 4. The second-order valence-corrected chi connectivity index (χ2v) is 13.6. The summed E-state index contributed by atoms with van der Waals surface area (Å²) in [5.41, 5.74) is 1.62. The Hall–Kier alpha value is -4.14. The molecule has 264 valence electrons. The number of carbonyl (C=O) groups is 5. The van der Waals surface area contributed by atoms with E-state index < -0.39 is 60.6 Å². The van der Waals surface area contributed by atoms with Gasteiger partial charge in [0, 0.05) is 37.4 Å². The van der Waals surface area contributed by atoms with Crippen LogP contribution in [0.3, 0.4) is 0 Å². The van der Waals surface area contributed by atoms with Crippen LogP contribution in [0.5, 0.6) is 0 Å². The number of hydrogen-bond donors (Lipinski definition) is 3. The van der Waals surface area contributed by atoms with Gasteiger partial charge in [0.05, 0.1) is 37.6 Å². The number of rotatable bonds is 15.